The Morgan fingerprint density at radius 1 is 1.09 bits per heavy atom. The van der Waals surface area contributed by atoms with E-state index < -0.39 is 27.8 Å². The number of nitrogens with zero attached hydrogens (tertiary/aromatic N) is 3. The van der Waals surface area contributed by atoms with E-state index in [0.29, 0.717) is 29.8 Å². The molecule has 0 saturated carbocycles. The van der Waals surface area contributed by atoms with Gasteiger partial charge in [0.1, 0.15) is 6.33 Å². The molecule has 2 heterocycles. The minimum absolute atomic E-state index is 0.0912. The zero-order chi connectivity index (χ0) is 25.2. The molecule has 35 heavy (non-hydrogen) atoms. The molecule has 0 aliphatic carbocycles. The van der Waals surface area contributed by atoms with Crippen molar-refractivity contribution in [3.63, 3.8) is 0 Å². The number of alkyl halides is 3. The molecule has 2 aromatic carbocycles. The van der Waals surface area contributed by atoms with Crippen LogP contribution in [0.5, 0.6) is 0 Å². The molecule has 4 rings (SSSR count). The standard InChI is InChI=1S/C25H24F3N3O3S/c1-17-4-2-5-21(14-17)35(33,34)31-13-3-6-23(31)24(32)12-11-20-15-22(30-16-29-20)18-7-9-19(10-8-18)25(26,27)28/h2,4-5,7-10,14-16,23H,3,6,11-13H2,1H3/t23-/m0/s1. The third-order valence-electron chi connectivity index (χ3n) is 6.03. The largest absolute Gasteiger partial charge is 0.416 e. The Labute approximate surface area is 201 Å². The highest BCUT2D eigenvalue weighted by atomic mass is 32.2. The molecule has 1 aliphatic heterocycles. The average molecular weight is 504 g/mol. The van der Waals surface area contributed by atoms with Crippen LogP contribution in [0.3, 0.4) is 0 Å². The van der Waals surface area contributed by atoms with E-state index in [1.54, 1.807) is 18.2 Å². The van der Waals surface area contributed by atoms with E-state index in [-0.39, 0.29) is 30.1 Å². The van der Waals surface area contributed by atoms with E-state index in [1.807, 2.05) is 13.0 Å². The molecule has 1 saturated heterocycles. The summed E-state index contributed by atoms with van der Waals surface area (Å²) < 4.78 is 66.0. The minimum Gasteiger partial charge on any atom is -0.298 e. The zero-order valence-electron chi connectivity index (χ0n) is 19.0. The average Bonchev–Trinajstić information content (AvgIpc) is 3.33. The Balaban J connectivity index is 1.45. The van der Waals surface area contributed by atoms with Crippen molar-refractivity contribution in [2.45, 2.75) is 49.7 Å². The Kier molecular flexibility index (Phi) is 7.05. The van der Waals surface area contributed by atoms with Gasteiger partial charge in [0.15, 0.2) is 5.78 Å². The number of benzene rings is 2. The number of aromatic nitrogens is 2. The van der Waals surface area contributed by atoms with Gasteiger partial charge in [-0.1, -0.05) is 24.3 Å². The first-order valence-corrected chi connectivity index (χ1v) is 12.6. The molecule has 184 valence electrons. The zero-order valence-corrected chi connectivity index (χ0v) is 19.8. The SMILES string of the molecule is Cc1cccc(S(=O)(=O)N2CCC[C@H]2C(=O)CCc2cc(-c3ccc(C(F)(F)F)cc3)ncn2)c1. The quantitative estimate of drug-likeness (QED) is 0.462. The van der Waals surface area contributed by atoms with Gasteiger partial charge in [-0.2, -0.15) is 17.5 Å². The predicted octanol–water partition coefficient (Wildman–Crippen LogP) is 4.83. The molecule has 0 N–H and O–H groups in total. The van der Waals surface area contributed by atoms with Gasteiger partial charge in [-0.05, 0) is 62.1 Å². The maximum absolute atomic E-state index is 13.1. The fourth-order valence-electron chi connectivity index (χ4n) is 4.20. The van der Waals surface area contributed by atoms with Gasteiger partial charge in [0, 0.05) is 24.2 Å². The van der Waals surface area contributed by atoms with Gasteiger partial charge in [0.25, 0.3) is 0 Å². The second-order valence-corrected chi connectivity index (χ2v) is 10.4. The smallest absolute Gasteiger partial charge is 0.298 e. The van der Waals surface area contributed by atoms with Crippen molar-refractivity contribution in [1.29, 1.82) is 0 Å². The van der Waals surface area contributed by atoms with Crippen molar-refractivity contribution in [3.8, 4) is 11.3 Å². The number of halogens is 3. The molecule has 0 amide bonds. The van der Waals surface area contributed by atoms with Crippen molar-refractivity contribution < 1.29 is 26.4 Å². The molecule has 1 aliphatic rings. The van der Waals surface area contributed by atoms with Gasteiger partial charge < -0.3 is 0 Å². The first-order valence-electron chi connectivity index (χ1n) is 11.2. The van der Waals surface area contributed by atoms with Gasteiger partial charge >= 0.3 is 6.18 Å². The molecule has 6 nitrogen and oxygen atoms in total. The molecular formula is C25H24F3N3O3S. The van der Waals surface area contributed by atoms with Crippen molar-refractivity contribution in [2.24, 2.45) is 0 Å². The summed E-state index contributed by atoms with van der Waals surface area (Å²) in [6.07, 6.45) is -1.69. The fourth-order valence-corrected chi connectivity index (χ4v) is 5.98. The Morgan fingerprint density at radius 2 is 1.83 bits per heavy atom. The highest BCUT2D eigenvalue weighted by molar-refractivity contribution is 7.89. The van der Waals surface area contributed by atoms with E-state index in [2.05, 4.69) is 9.97 Å². The molecule has 1 fully saturated rings. The molecule has 1 aromatic heterocycles. The lowest BCUT2D eigenvalue weighted by molar-refractivity contribution is -0.137. The molecule has 0 spiro atoms. The van der Waals surface area contributed by atoms with Crippen LogP contribution >= 0.6 is 0 Å². The van der Waals surface area contributed by atoms with Crippen LogP contribution < -0.4 is 0 Å². The van der Waals surface area contributed by atoms with E-state index >= 15 is 0 Å². The predicted molar refractivity (Wildman–Crippen MR) is 124 cm³/mol. The molecule has 3 aromatic rings. The second kappa shape index (κ2) is 9.87. The van der Waals surface area contributed by atoms with Gasteiger partial charge in [-0.3, -0.25) is 4.79 Å². The number of sulfonamides is 1. The number of aryl methyl sites for hydroxylation is 2. The number of ketones is 1. The lowest BCUT2D eigenvalue weighted by Crippen LogP contribution is -2.40. The van der Waals surface area contributed by atoms with Crippen LogP contribution in [-0.2, 0) is 27.4 Å². The Bertz CT molecular complexity index is 1330. The van der Waals surface area contributed by atoms with Gasteiger partial charge in [0.05, 0.1) is 22.2 Å². The Morgan fingerprint density at radius 3 is 2.51 bits per heavy atom. The second-order valence-electron chi connectivity index (χ2n) is 8.53. The van der Waals surface area contributed by atoms with Crippen LogP contribution in [0.1, 0.15) is 36.1 Å². The highest BCUT2D eigenvalue weighted by Gasteiger charge is 2.39. The molecule has 10 heteroatoms. The molecular weight excluding hydrogens is 479 g/mol. The topological polar surface area (TPSA) is 80.2 Å². The van der Waals surface area contributed by atoms with Crippen molar-refractivity contribution in [2.75, 3.05) is 6.54 Å². The molecule has 0 radical (unpaired) electrons. The van der Waals surface area contributed by atoms with Crippen molar-refractivity contribution in [3.05, 3.63) is 77.7 Å². The number of Topliss-reactive ketones (excluding diaryl/α,β-unsaturated/α-hetero) is 1. The lowest BCUT2D eigenvalue weighted by atomic mass is 10.0. The van der Waals surface area contributed by atoms with Crippen LogP contribution in [0.15, 0.2) is 65.8 Å². The number of carbonyl (C=O) groups excluding carboxylic acids is 1. The van der Waals surface area contributed by atoms with Crippen LogP contribution in [0, 0.1) is 6.92 Å². The van der Waals surface area contributed by atoms with Crippen LogP contribution in [-0.4, -0.2) is 41.1 Å². The van der Waals surface area contributed by atoms with Crippen molar-refractivity contribution in [1.82, 2.24) is 14.3 Å². The number of carbonyl (C=O) groups is 1. The van der Waals surface area contributed by atoms with E-state index in [0.717, 1.165) is 17.7 Å². The number of rotatable bonds is 7. The van der Waals surface area contributed by atoms with Gasteiger partial charge in [0.2, 0.25) is 10.0 Å². The summed E-state index contributed by atoms with van der Waals surface area (Å²) in [4.78, 5) is 21.5. The third kappa shape index (κ3) is 5.59. The lowest BCUT2D eigenvalue weighted by Gasteiger charge is -2.23. The summed E-state index contributed by atoms with van der Waals surface area (Å²) in [5.74, 6) is -0.187. The maximum Gasteiger partial charge on any atom is 0.416 e. The monoisotopic (exact) mass is 503 g/mol. The summed E-state index contributed by atoms with van der Waals surface area (Å²) in [6.45, 7) is 2.10. The highest BCUT2D eigenvalue weighted by Crippen LogP contribution is 2.31. The summed E-state index contributed by atoms with van der Waals surface area (Å²) in [7, 11) is -3.79. The molecule has 0 bridgehead atoms. The van der Waals surface area contributed by atoms with Crippen LogP contribution in [0.2, 0.25) is 0 Å². The fraction of sp³-hybridized carbons (Fsp3) is 0.320. The third-order valence-corrected chi connectivity index (χ3v) is 7.93. The summed E-state index contributed by atoms with van der Waals surface area (Å²) in [6, 6.07) is 12.2. The summed E-state index contributed by atoms with van der Waals surface area (Å²) in [5.41, 5.74) is 1.57. The molecule has 1 atom stereocenters. The van der Waals surface area contributed by atoms with Gasteiger partial charge in [-0.25, -0.2) is 18.4 Å². The number of hydrogen-bond donors (Lipinski definition) is 0. The van der Waals surface area contributed by atoms with Crippen molar-refractivity contribution >= 4 is 15.8 Å². The van der Waals surface area contributed by atoms with E-state index in [4.69, 9.17) is 0 Å². The molecule has 0 unspecified atom stereocenters. The van der Waals surface area contributed by atoms with E-state index in [1.165, 1.54) is 28.8 Å². The minimum atomic E-state index is -4.42. The number of hydrogen-bond acceptors (Lipinski definition) is 5. The Hall–Kier alpha value is -3.11. The normalized spacial score (nSPS) is 17.0. The summed E-state index contributed by atoms with van der Waals surface area (Å²) in [5, 5.41) is 0. The first kappa shape index (κ1) is 25.0. The maximum atomic E-state index is 13.1. The van der Waals surface area contributed by atoms with E-state index in [9.17, 15) is 26.4 Å². The van der Waals surface area contributed by atoms with Gasteiger partial charge in [-0.15, -0.1) is 0 Å². The van der Waals surface area contributed by atoms with Crippen LogP contribution in [0.4, 0.5) is 13.2 Å². The first-order chi connectivity index (χ1) is 16.6. The van der Waals surface area contributed by atoms with Crippen LogP contribution in [0.25, 0.3) is 11.3 Å². The summed E-state index contributed by atoms with van der Waals surface area (Å²) >= 11 is 0.